The average Bonchev–Trinajstić information content (AvgIpc) is 2.86. The number of carbonyl (C=O) groups excluding carboxylic acids is 1. The van der Waals surface area contributed by atoms with Gasteiger partial charge in [-0.2, -0.15) is 0 Å². The lowest BCUT2D eigenvalue weighted by Crippen LogP contribution is -2.45. The van der Waals surface area contributed by atoms with Crippen LogP contribution in [0.15, 0.2) is 42.5 Å². The first-order valence-electron chi connectivity index (χ1n) is 7.25. The summed E-state index contributed by atoms with van der Waals surface area (Å²) in [6.45, 7) is -0.0103. The molecule has 0 radical (unpaired) electrons. The molecule has 1 aliphatic rings. The summed E-state index contributed by atoms with van der Waals surface area (Å²) >= 11 is 0. The standard InChI is InChI=1S/C17H16F2N2O2/c18-13-6-3-7-14(19)15(13)21-16(22)20-10-17(23)8-11-4-1-2-5-12(11)9-17/h1-7,23H,8-10H2,(H2,20,21,22). The molecule has 0 aromatic heterocycles. The zero-order valence-electron chi connectivity index (χ0n) is 12.3. The van der Waals surface area contributed by atoms with E-state index in [4.69, 9.17) is 0 Å². The van der Waals surface area contributed by atoms with E-state index in [9.17, 15) is 18.7 Å². The average molecular weight is 318 g/mol. The van der Waals surface area contributed by atoms with Gasteiger partial charge in [0, 0.05) is 19.4 Å². The van der Waals surface area contributed by atoms with Crippen LogP contribution in [0.25, 0.3) is 0 Å². The number of hydrogen-bond donors (Lipinski definition) is 3. The van der Waals surface area contributed by atoms with Crippen LogP contribution in [0.3, 0.4) is 0 Å². The van der Waals surface area contributed by atoms with Gasteiger partial charge in [0.1, 0.15) is 17.3 Å². The van der Waals surface area contributed by atoms with Crippen LogP contribution in [0, 0.1) is 11.6 Å². The van der Waals surface area contributed by atoms with Gasteiger partial charge < -0.3 is 15.7 Å². The molecular weight excluding hydrogens is 302 g/mol. The topological polar surface area (TPSA) is 61.4 Å². The molecule has 0 unspecified atom stereocenters. The minimum atomic E-state index is -1.09. The number of anilines is 1. The van der Waals surface area contributed by atoms with E-state index in [-0.39, 0.29) is 6.54 Å². The molecule has 0 aliphatic heterocycles. The molecule has 3 N–H and O–H groups in total. The molecule has 2 amide bonds. The summed E-state index contributed by atoms with van der Waals surface area (Å²) in [5, 5.41) is 15.1. The molecule has 3 rings (SSSR count). The van der Waals surface area contributed by atoms with Crippen LogP contribution in [0.1, 0.15) is 11.1 Å². The van der Waals surface area contributed by atoms with Crippen LogP contribution in [-0.4, -0.2) is 23.3 Å². The van der Waals surface area contributed by atoms with Crippen LogP contribution in [-0.2, 0) is 12.8 Å². The van der Waals surface area contributed by atoms with Crippen molar-refractivity contribution in [2.45, 2.75) is 18.4 Å². The molecule has 2 aromatic rings. The fraction of sp³-hybridized carbons (Fsp3) is 0.235. The van der Waals surface area contributed by atoms with Crippen molar-refractivity contribution in [3.8, 4) is 0 Å². The molecule has 120 valence electrons. The number of carbonyl (C=O) groups is 1. The number of para-hydroxylation sites is 1. The van der Waals surface area contributed by atoms with Gasteiger partial charge in [-0.1, -0.05) is 30.3 Å². The van der Waals surface area contributed by atoms with Gasteiger partial charge >= 0.3 is 6.03 Å². The number of halogens is 2. The minimum Gasteiger partial charge on any atom is -0.387 e. The highest BCUT2D eigenvalue weighted by Gasteiger charge is 2.35. The molecule has 1 aliphatic carbocycles. The Hall–Kier alpha value is -2.47. The molecule has 0 bridgehead atoms. The summed E-state index contributed by atoms with van der Waals surface area (Å²) in [6.07, 6.45) is 0.856. The van der Waals surface area contributed by atoms with Crippen molar-refractivity contribution >= 4 is 11.7 Å². The second-order valence-electron chi connectivity index (χ2n) is 5.75. The third-order valence-electron chi connectivity index (χ3n) is 3.94. The predicted molar refractivity (Wildman–Crippen MR) is 82.2 cm³/mol. The minimum absolute atomic E-state index is 0.0103. The van der Waals surface area contributed by atoms with Crippen molar-refractivity contribution < 1.29 is 18.7 Å². The number of urea groups is 1. The first-order chi connectivity index (χ1) is 11.0. The van der Waals surface area contributed by atoms with E-state index in [0.717, 1.165) is 23.3 Å². The van der Waals surface area contributed by atoms with Gasteiger partial charge in [-0.25, -0.2) is 13.6 Å². The van der Waals surface area contributed by atoms with Gasteiger partial charge in [0.05, 0.1) is 5.60 Å². The molecule has 0 heterocycles. The lowest BCUT2D eigenvalue weighted by atomic mass is 10.0. The summed E-state index contributed by atoms with van der Waals surface area (Å²) in [7, 11) is 0. The van der Waals surface area contributed by atoms with E-state index in [1.807, 2.05) is 24.3 Å². The Bertz CT molecular complexity index is 704. The zero-order valence-corrected chi connectivity index (χ0v) is 12.3. The molecule has 0 atom stereocenters. The van der Waals surface area contributed by atoms with Crippen molar-refractivity contribution in [2.24, 2.45) is 0 Å². The van der Waals surface area contributed by atoms with E-state index in [1.54, 1.807) is 0 Å². The van der Waals surface area contributed by atoms with E-state index in [0.29, 0.717) is 12.8 Å². The van der Waals surface area contributed by atoms with Crippen LogP contribution in [0.5, 0.6) is 0 Å². The van der Waals surface area contributed by atoms with Crippen LogP contribution < -0.4 is 10.6 Å². The maximum Gasteiger partial charge on any atom is 0.319 e. The zero-order chi connectivity index (χ0) is 16.4. The Balaban J connectivity index is 1.60. The molecule has 0 saturated carbocycles. The maximum absolute atomic E-state index is 13.5. The Morgan fingerprint density at radius 1 is 1.04 bits per heavy atom. The first-order valence-corrected chi connectivity index (χ1v) is 7.25. The summed E-state index contributed by atoms with van der Waals surface area (Å²) in [5.41, 5.74) is 0.482. The Labute approximate surface area is 132 Å². The van der Waals surface area contributed by atoms with Crippen molar-refractivity contribution in [1.29, 1.82) is 0 Å². The molecule has 23 heavy (non-hydrogen) atoms. The quantitative estimate of drug-likeness (QED) is 0.815. The van der Waals surface area contributed by atoms with Crippen molar-refractivity contribution in [3.05, 3.63) is 65.2 Å². The number of aliphatic hydroxyl groups is 1. The van der Waals surface area contributed by atoms with E-state index in [2.05, 4.69) is 10.6 Å². The van der Waals surface area contributed by atoms with Crippen LogP contribution in [0.2, 0.25) is 0 Å². The van der Waals surface area contributed by atoms with Gasteiger partial charge in [-0.05, 0) is 23.3 Å². The molecule has 4 nitrogen and oxygen atoms in total. The number of amides is 2. The van der Waals surface area contributed by atoms with Crippen molar-refractivity contribution in [3.63, 3.8) is 0 Å². The predicted octanol–water partition coefficient (Wildman–Crippen LogP) is 2.62. The van der Waals surface area contributed by atoms with Crippen molar-refractivity contribution in [2.75, 3.05) is 11.9 Å². The highest BCUT2D eigenvalue weighted by atomic mass is 19.1. The van der Waals surface area contributed by atoms with Gasteiger partial charge in [0.2, 0.25) is 0 Å². The number of fused-ring (bicyclic) bond motifs is 1. The van der Waals surface area contributed by atoms with E-state index < -0.39 is 29.0 Å². The summed E-state index contributed by atoms with van der Waals surface area (Å²) in [4.78, 5) is 11.8. The van der Waals surface area contributed by atoms with Gasteiger partial charge in [0.15, 0.2) is 0 Å². The fourth-order valence-corrected chi connectivity index (χ4v) is 2.82. The van der Waals surface area contributed by atoms with E-state index in [1.165, 1.54) is 6.07 Å². The Morgan fingerprint density at radius 3 is 2.17 bits per heavy atom. The second kappa shape index (κ2) is 5.96. The van der Waals surface area contributed by atoms with Gasteiger partial charge in [0.25, 0.3) is 0 Å². The SMILES string of the molecule is O=C(NCC1(O)Cc2ccccc2C1)Nc1c(F)cccc1F. The number of nitrogens with one attached hydrogen (secondary N) is 2. The molecule has 6 heteroatoms. The van der Waals surface area contributed by atoms with Gasteiger partial charge in [-0.3, -0.25) is 0 Å². The number of rotatable bonds is 3. The molecule has 0 saturated heterocycles. The lowest BCUT2D eigenvalue weighted by Gasteiger charge is -2.22. The normalized spacial score (nSPS) is 15.1. The van der Waals surface area contributed by atoms with Crippen LogP contribution >= 0.6 is 0 Å². The molecular formula is C17H16F2N2O2. The van der Waals surface area contributed by atoms with E-state index >= 15 is 0 Å². The monoisotopic (exact) mass is 318 g/mol. The smallest absolute Gasteiger partial charge is 0.319 e. The summed E-state index contributed by atoms with van der Waals surface area (Å²) < 4.78 is 26.9. The lowest BCUT2D eigenvalue weighted by molar-refractivity contribution is 0.0541. The highest BCUT2D eigenvalue weighted by Crippen LogP contribution is 2.29. The van der Waals surface area contributed by atoms with Crippen molar-refractivity contribution in [1.82, 2.24) is 5.32 Å². The fourth-order valence-electron chi connectivity index (χ4n) is 2.82. The van der Waals surface area contributed by atoms with Crippen LogP contribution in [0.4, 0.5) is 19.3 Å². The Kier molecular flexibility index (Phi) is 4.00. The third kappa shape index (κ3) is 3.32. The Morgan fingerprint density at radius 2 is 1.61 bits per heavy atom. The number of benzene rings is 2. The molecule has 0 spiro atoms. The largest absolute Gasteiger partial charge is 0.387 e. The summed E-state index contributed by atoms with van der Waals surface area (Å²) in [6, 6.07) is 10.2. The summed E-state index contributed by atoms with van der Waals surface area (Å²) in [5.74, 6) is -1.71. The second-order valence-corrected chi connectivity index (χ2v) is 5.75. The number of hydrogen-bond acceptors (Lipinski definition) is 2. The molecule has 0 fully saturated rings. The van der Waals surface area contributed by atoms with Gasteiger partial charge in [-0.15, -0.1) is 0 Å². The molecule has 2 aromatic carbocycles. The third-order valence-corrected chi connectivity index (χ3v) is 3.94. The highest BCUT2D eigenvalue weighted by molar-refractivity contribution is 5.89. The first kappa shape index (κ1) is 15.4. The maximum atomic E-state index is 13.5.